The van der Waals surface area contributed by atoms with E-state index in [1.54, 1.807) is 0 Å². The van der Waals surface area contributed by atoms with Gasteiger partial charge < -0.3 is 20.3 Å². The van der Waals surface area contributed by atoms with Gasteiger partial charge in [0.2, 0.25) is 0 Å². The Hall–Kier alpha value is -0.160. The van der Waals surface area contributed by atoms with E-state index >= 15 is 0 Å². The first-order valence-electron chi connectivity index (χ1n) is 4.83. The van der Waals surface area contributed by atoms with Crippen molar-refractivity contribution < 1.29 is 14.6 Å². The highest BCUT2D eigenvalue weighted by atomic mass is 16.5. The van der Waals surface area contributed by atoms with Crippen LogP contribution in [-0.4, -0.2) is 44.2 Å². The largest absolute Gasteiger partial charge is 0.395 e. The lowest BCUT2D eigenvalue weighted by Crippen LogP contribution is -2.30. The van der Waals surface area contributed by atoms with Gasteiger partial charge in [-0.3, -0.25) is 0 Å². The lowest BCUT2D eigenvalue weighted by Gasteiger charge is -2.08. The van der Waals surface area contributed by atoms with Crippen LogP contribution in [0.15, 0.2) is 0 Å². The van der Waals surface area contributed by atoms with Gasteiger partial charge in [-0.15, -0.1) is 0 Å². The summed E-state index contributed by atoms with van der Waals surface area (Å²) in [4.78, 5) is 0. The van der Waals surface area contributed by atoms with Crippen molar-refractivity contribution in [3.63, 3.8) is 0 Å². The topological polar surface area (TPSA) is 64.7 Å². The van der Waals surface area contributed by atoms with Crippen LogP contribution >= 0.6 is 0 Å². The Morgan fingerprint density at radius 1 is 1.23 bits per heavy atom. The second-order valence-electron chi connectivity index (χ2n) is 2.98. The monoisotopic (exact) mass is 191 g/mol. The second-order valence-corrected chi connectivity index (χ2v) is 2.98. The number of rotatable bonds is 9. The summed E-state index contributed by atoms with van der Waals surface area (Å²) in [6.07, 6.45) is 2.24. The maximum atomic E-state index is 8.57. The van der Waals surface area contributed by atoms with Gasteiger partial charge in [0.1, 0.15) is 0 Å². The maximum Gasteiger partial charge on any atom is 0.0701 e. The number of ether oxygens (including phenoxy) is 2. The number of hydrogen-bond donors (Lipinski definition) is 2. The van der Waals surface area contributed by atoms with Gasteiger partial charge in [0, 0.05) is 6.61 Å². The van der Waals surface area contributed by atoms with E-state index in [0.717, 1.165) is 19.4 Å². The van der Waals surface area contributed by atoms with E-state index in [9.17, 15) is 0 Å². The molecule has 0 heterocycles. The molecule has 0 fully saturated rings. The van der Waals surface area contributed by atoms with Gasteiger partial charge in [-0.25, -0.2) is 0 Å². The van der Waals surface area contributed by atoms with E-state index < -0.39 is 0 Å². The Labute approximate surface area is 80.0 Å². The van der Waals surface area contributed by atoms with Gasteiger partial charge in [0.05, 0.1) is 32.5 Å². The third kappa shape index (κ3) is 9.76. The molecular weight excluding hydrogens is 170 g/mol. The average Bonchev–Trinajstić information content (AvgIpc) is 2.16. The fraction of sp³-hybridized carbons (Fsp3) is 1.00. The van der Waals surface area contributed by atoms with Crippen LogP contribution in [0.3, 0.4) is 0 Å². The van der Waals surface area contributed by atoms with Crippen LogP contribution in [0.25, 0.3) is 0 Å². The summed E-state index contributed by atoms with van der Waals surface area (Å²) in [5.74, 6) is 0. The van der Waals surface area contributed by atoms with Crippen molar-refractivity contribution >= 4 is 0 Å². The minimum atomic E-state index is -0.268. The lowest BCUT2D eigenvalue weighted by atomic mass is 10.4. The Morgan fingerprint density at radius 2 is 1.92 bits per heavy atom. The van der Waals surface area contributed by atoms with Crippen molar-refractivity contribution in [3.8, 4) is 0 Å². The third-order valence-corrected chi connectivity index (χ3v) is 1.58. The molecule has 4 nitrogen and oxygen atoms in total. The van der Waals surface area contributed by atoms with Gasteiger partial charge in [-0.05, 0) is 6.42 Å². The van der Waals surface area contributed by atoms with Crippen LogP contribution in [0.5, 0.6) is 0 Å². The molecule has 0 radical (unpaired) electrons. The Bertz CT molecular complexity index is 101. The molecule has 0 aromatic heterocycles. The number of hydrogen-bond acceptors (Lipinski definition) is 4. The Balaban J connectivity index is 2.91. The number of aliphatic hydroxyl groups is 1. The van der Waals surface area contributed by atoms with Crippen LogP contribution < -0.4 is 5.73 Å². The third-order valence-electron chi connectivity index (χ3n) is 1.58. The summed E-state index contributed by atoms with van der Waals surface area (Å²) in [6.45, 7) is 4.45. The zero-order chi connectivity index (χ0) is 9.94. The van der Waals surface area contributed by atoms with Crippen molar-refractivity contribution in [1.29, 1.82) is 0 Å². The summed E-state index contributed by atoms with van der Waals surface area (Å²) in [5, 5.41) is 8.57. The smallest absolute Gasteiger partial charge is 0.0701 e. The fourth-order valence-electron chi connectivity index (χ4n) is 0.754. The molecule has 0 saturated carbocycles. The van der Waals surface area contributed by atoms with Crippen LogP contribution in [0.1, 0.15) is 19.8 Å². The minimum absolute atomic E-state index is 0.0311. The van der Waals surface area contributed by atoms with Crippen LogP contribution in [0.4, 0.5) is 0 Å². The van der Waals surface area contributed by atoms with Gasteiger partial charge in [-0.2, -0.15) is 0 Å². The predicted octanol–water partition coefficient (Wildman–Crippen LogP) is 0.139. The molecule has 0 aromatic carbocycles. The van der Waals surface area contributed by atoms with E-state index in [1.807, 2.05) is 0 Å². The molecule has 1 unspecified atom stereocenters. The van der Waals surface area contributed by atoms with E-state index in [4.69, 9.17) is 20.3 Å². The van der Waals surface area contributed by atoms with Crippen molar-refractivity contribution in [1.82, 2.24) is 0 Å². The van der Waals surface area contributed by atoms with E-state index in [0.29, 0.717) is 19.8 Å². The normalized spacial score (nSPS) is 13.2. The molecule has 0 aliphatic carbocycles. The zero-order valence-electron chi connectivity index (χ0n) is 8.37. The highest BCUT2D eigenvalue weighted by Crippen LogP contribution is 1.88. The molecular formula is C9H21NO3. The molecule has 0 rings (SSSR count). The van der Waals surface area contributed by atoms with Crippen molar-refractivity contribution in [2.45, 2.75) is 25.8 Å². The highest BCUT2D eigenvalue weighted by Gasteiger charge is 1.98. The molecule has 1 atom stereocenters. The fourth-order valence-corrected chi connectivity index (χ4v) is 0.754. The molecule has 13 heavy (non-hydrogen) atoms. The summed E-state index contributed by atoms with van der Waals surface area (Å²) >= 11 is 0. The number of aliphatic hydroxyl groups excluding tert-OH is 1. The van der Waals surface area contributed by atoms with Crippen molar-refractivity contribution in [3.05, 3.63) is 0 Å². The van der Waals surface area contributed by atoms with E-state index in [-0.39, 0.29) is 12.6 Å². The Kier molecular flexibility index (Phi) is 9.80. The van der Waals surface area contributed by atoms with Gasteiger partial charge in [-0.1, -0.05) is 13.3 Å². The SMILES string of the molecule is CCCCOCCOCC(N)CO. The molecule has 0 aliphatic rings. The first kappa shape index (κ1) is 12.8. The molecule has 3 N–H and O–H groups in total. The molecule has 0 aromatic rings. The van der Waals surface area contributed by atoms with Crippen LogP contribution in [-0.2, 0) is 9.47 Å². The van der Waals surface area contributed by atoms with E-state index in [2.05, 4.69) is 6.92 Å². The molecule has 0 amide bonds. The summed E-state index contributed by atoms with van der Waals surface area (Å²) in [7, 11) is 0. The first-order valence-corrected chi connectivity index (χ1v) is 4.83. The summed E-state index contributed by atoms with van der Waals surface area (Å²) in [6, 6.07) is -0.268. The molecule has 0 aliphatic heterocycles. The summed E-state index contributed by atoms with van der Waals surface area (Å²) < 4.78 is 10.4. The molecule has 0 saturated heterocycles. The molecule has 4 heteroatoms. The Morgan fingerprint density at radius 3 is 2.54 bits per heavy atom. The average molecular weight is 191 g/mol. The quantitative estimate of drug-likeness (QED) is 0.509. The molecule has 0 spiro atoms. The second kappa shape index (κ2) is 9.92. The van der Waals surface area contributed by atoms with E-state index in [1.165, 1.54) is 0 Å². The predicted molar refractivity (Wildman–Crippen MR) is 51.6 cm³/mol. The minimum Gasteiger partial charge on any atom is -0.395 e. The first-order chi connectivity index (χ1) is 6.31. The molecule has 80 valence electrons. The van der Waals surface area contributed by atoms with Crippen molar-refractivity contribution in [2.75, 3.05) is 33.0 Å². The van der Waals surface area contributed by atoms with Gasteiger partial charge in [0.25, 0.3) is 0 Å². The maximum absolute atomic E-state index is 8.57. The van der Waals surface area contributed by atoms with Crippen molar-refractivity contribution in [2.24, 2.45) is 5.73 Å². The van der Waals surface area contributed by atoms with Gasteiger partial charge in [0.15, 0.2) is 0 Å². The van der Waals surface area contributed by atoms with Crippen LogP contribution in [0, 0.1) is 0 Å². The number of unbranched alkanes of at least 4 members (excludes halogenated alkanes) is 1. The van der Waals surface area contributed by atoms with Gasteiger partial charge >= 0.3 is 0 Å². The molecule has 0 bridgehead atoms. The standard InChI is InChI=1S/C9H21NO3/c1-2-3-4-12-5-6-13-8-9(10)7-11/h9,11H,2-8,10H2,1H3. The number of nitrogens with two attached hydrogens (primary N) is 1. The summed E-state index contributed by atoms with van der Waals surface area (Å²) in [5.41, 5.74) is 5.42. The highest BCUT2D eigenvalue weighted by molar-refractivity contribution is 4.55. The van der Waals surface area contributed by atoms with Crippen LogP contribution in [0.2, 0.25) is 0 Å². The lowest BCUT2D eigenvalue weighted by molar-refractivity contribution is 0.0360. The zero-order valence-corrected chi connectivity index (χ0v) is 8.37.